The zero-order valence-corrected chi connectivity index (χ0v) is 5.46. The molecule has 0 spiro atoms. The fourth-order valence-corrected chi connectivity index (χ4v) is 0.644. The molecule has 0 aliphatic heterocycles. The molecule has 2 nitrogen and oxygen atoms in total. The van der Waals surface area contributed by atoms with Crippen molar-refractivity contribution in [3.63, 3.8) is 0 Å². The van der Waals surface area contributed by atoms with Gasteiger partial charge in [-0.3, -0.25) is 4.18 Å². The van der Waals surface area contributed by atoms with Gasteiger partial charge in [0.15, 0.2) is 11.1 Å². The SMILES string of the molecule is CCOS(=O)CC. The molecule has 0 heterocycles. The first-order valence-electron chi connectivity index (χ1n) is 2.32. The van der Waals surface area contributed by atoms with E-state index in [0.29, 0.717) is 12.4 Å². The lowest BCUT2D eigenvalue weighted by Crippen LogP contribution is -1.97. The second-order valence-electron chi connectivity index (χ2n) is 0.999. The van der Waals surface area contributed by atoms with Gasteiger partial charge in [-0.05, 0) is 6.92 Å². The third kappa shape index (κ3) is 3.95. The van der Waals surface area contributed by atoms with E-state index in [1.54, 1.807) is 0 Å². The summed E-state index contributed by atoms with van der Waals surface area (Å²) in [6, 6.07) is 0. The molecule has 0 rings (SSSR count). The van der Waals surface area contributed by atoms with Crippen molar-refractivity contribution < 1.29 is 8.39 Å². The first kappa shape index (κ1) is 7.11. The van der Waals surface area contributed by atoms with Gasteiger partial charge >= 0.3 is 0 Å². The summed E-state index contributed by atoms with van der Waals surface area (Å²) in [6.07, 6.45) is 0. The highest BCUT2D eigenvalue weighted by molar-refractivity contribution is 7.80. The van der Waals surface area contributed by atoms with Gasteiger partial charge in [-0.2, -0.15) is 0 Å². The van der Waals surface area contributed by atoms with Crippen molar-refractivity contribution in [2.24, 2.45) is 0 Å². The quantitative estimate of drug-likeness (QED) is 0.551. The second kappa shape index (κ2) is 4.27. The number of hydrogen-bond donors (Lipinski definition) is 0. The summed E-state index contributed by atoms with van der Waals surface area (Å²) in [4.78, 5) is 0. The van der Waals surface area contributed by atoms with Crippen LogP contribution < -0.4 is 0 Å². The summed E-state index contributed by atoms with van der Waals surface area (Å²) in [5.41, 5.74) is 0. The van der Waals surface area contributed by atoms with E-state index in [1.165, 1.54) is 0 Å². The van der Waals surface area contributed by atoms with Gasteiger partial charge in [0.1, 0.15) is 0 Å². The Morgan fingerprint density at radius 2 is 2.14 bits per heavy atom. The lowest BCUT2D eigenvalue weighted by atomic mass is 10.9. The second-order valence-corrected chi connectivity index (χ2v) is 2.42. The maximum Gasteiger partial charge on any atom is 0.155 e. The molecule has 3 heteroatoms. The van der Waals surface area contributed by atoms with Gasteiger partial charge in [-0.15, -0.1) is 0 Å². The van der Waals surface area contributed by atoms with Gasteiger partial charge in [0.2, 0.25) is 0 Å². The smallest absolute Gasteiger partial charge is 0.155 e. The Hall–Kier alpha value is 0.110. The third-order valence-corrected chi connectivity index (χ3v) is 1.45. The number of hydrogen-bond acceptors (Lipinski definition) is 2. The molecule has 1 atom stereocenters. The van der Waals surface area contributed by atoms with Crippen LogP contribution in [0.5, 0.6) is 0 Å². The molecule has 0 fully saturated rings. The normalized spacial score (nSPS) is 14.0. The van der Waals surface area contributed by atoms with Crippen LogP contribution in [-0.2, 0) is 15.3 Å². The molecule has 0 aliphatic rings. The molecule has 0 aromatic heterocycles. The molecule has 0 N–H and O–H groups in total. The van der Waals surface area contributed by atoms with Gasteiger partial charge < -0.3 is 0 Å². The van der Waals surface area contributed by atoms with Gasteiger partial charge in [0, 0.05) is 5.75 Å². The van der Waals surface area contributed by atoms with E-state index in [4.69, 9.17) is 0 Å². The minimum atomic E-state index is -1.03. The van der Waals surface area contributed by atoms with Crippen molar-refractivity contribution in [2.75, 3.05) is 12.4 Å². The first-order valence-corrected chi connectivity index (χ1v) is 3.57. The van der Waals surface area contributed by atoms with Gasteiger partial charge in [0.05, 0.1) is 6.61 Å². The molecule has 0 aromatic rings. The van der Waals surface area contributed by atoms with E-state index >= 15 is 0 Å². The van der Waals surface area contributed by atoms with Crippen LogP contribution in [0.1, 0.15) is 13.8 Å². The van der Waals surface area contributed by atoms with Crippen LogP contribution in [-0.4, -0.2) is 16.6 Å². The van der Waals surface area contributed by atoms with Crippen molar-refractivity contribution in [3.05, 3.63) is 0 Å². The number of rotatable bonds is 3. The molecular weight excluding hydrogens is 112 g/mol. The Morgan fingerprint density at radius 3 is 2.29 bits per heavy atom. The lowest BCUT2D eigenvalue weighted by molar-refractivity contribution is 0.372. The van der Waals surface area contributed by atoms with E-state index in [9.17, 15) is 4.21 Å². The maximum atomic E-state index is 10.3. The summed E-state index contributed by atoms with van der Waals surface area (Å²) in [5.74, 6) is 0.591. The highest BCUT2D eigenvalue weighted by atomic mass is 32.2. The van der Waals surface area contributed by atoms with Crippen LogP contribution in [0.2, 0.25) is 0 Å². The topological polar surface area (TPSA) is 26.3 Å². The monoisotopic (exact) mass is 122 g/mol. The molecule has 0 saturated carbocycles. The third-order valence-electron chi connectivity index (χ3n) is 0.485. The standard InChI is InChI=1S/C4H10O2S/c1-3-6-7(5)4-2/h3-4H2,1-2H3. The molecular formula is C4H10O2S. The Bertz CT molecular complexity index is 62.7. The van der Waals surface area contributed by atoms with Crippen LogP contribution >= 0.6 is 0 Å². The molecule has 0 amide bonds. The van der Waals surface area contributed by atoms with Crippen LogP contribution in [0, 0.1) is 0 Å². The van der Waals surface area contributed by atoms with E-state index < -0.39 is 11.1 Å². The lowest BCUT2D eigenvalue weighted by Gasteiger charge is -1.91. The van der Waals surface area contributed by atoms with E-state index in [-0.39, 0.29) is 0 Å². The average molecular weight is 122 g/mol. The summed E-state index contributed by atoms with van der Waals surface area (Å²) >= 11 is -1.03. The Morgan fingerprint density at radius 1 is 1.57 bits per heavy atom. The molecule has 44 valence electrons. The molecule has 0 saturated heterocycles. The highest BCUT2D eigenvalue weighted by Crippen LogP contribution is 1.81. The van der Waals surface area contributed by atoms with Crippen molar-refractivity contribution in [2.45, 2.75) is 13.8 Å². The van der Waals surface area contributed by atoms with Gasteiger partial charge in [-0.1, -0.05) is 6.92 Å². The highest BCUT2D eigenvalue weighted by Gasteiger charge is 1.88. The van der Waals surface area contributed by atoms with Crippen molar-refractivity contribution in [1.82, 2.24) is 0 Å². The van der Waals surface area contributed by atoms with Crippen LogP contribution in [0.15, 0.2) is 0 Å². The fraction of sp³-hybridized carbons (Fsp3) is 1.00. The molecule has 0 bridgehead atoms. The predicted octanol–water partition coefficient (Wildman–Crippen LogP) is 0.707. The molecule has 0 aromatic carbocycles. The summed E-state index contributed by atoms with van der Waals surface area (Å²) in [6.45, 7) is 4.19. The van der Waals surface area contributed by atoms with Gasteiger partial charge in [-0.25, -0.2) is 4.21 Å². The first-order chi connectivity index (χ1) is 3.31. The van der Waals surface area contributed by atoms with Crippen molar-refractivity contribution in [3.8, 4) is 0 Å². The zero-order chi connectivity index (χ0) is 5.70. The fourth-order valence-electron chi connectivity index (χ4n) is 0.215. The van der Waals surface area contributed by atoms with Gasteiger partial charge in [0.25, 0.3) is 0 Å². The minimum absolute atomic E-state index is 0.542. The van der Waals surface area contributed by atoms with Crippen LogP contribution in [0.25, 0.3) is 0 Å². The van der Waals surface area contributed by atoms with Crippen LogP contribution in [0.3, 0.4) is 0 Å². The predicted molar refractivity (Wildman–Crippen MR) is 30.3 cm³/mol. The Kier molecular flexibility index (Phi) is 4.34. The van der Waals surface area contributed by atoms with E-state index in [0.717, 1.165) is 0 Å². The van der Waals surface area contributed by atoms with Crippen LogP contribution in [0.4, 0.5) is 0 Å². The minimum Gasteiger partial charge on any atom is -0.291 e. The largest absolute Gasteiger partial charge is 0.291 e. The van der Waals surface area contributed by atoms with Crippen molar-refractivity contribution >= 4 is 11.1 Å². The Balaban J connectivity index is 3.00. The zero-order valence-electron chi connectivity index (χ0n) is 4.64. The van der Waals surface area contributed by atoms with Crippen molar-refractivity contribution in [1.29, 1.82) is 0 Å². The molecule has 0 aliphatic carbocycles. The molecule has 0 radical (unpaired) electrons. The summed E-state index contributed by atoms with van der Waals surface area (Å²) in [5, 5.41) is 0. The molecule has 1 unspecified atom stereocenters. The summed E-state index contributed by atoms with van der Waals surface area (Å²) in [7, 11) is 0. The van der Waals surface area contributed by atoms with E-state index in [1.807, 2.05) is 13.8 Å². The summed E-state index contributed by atoms with van der Waals surface area (Å²) < 4.78 is 15.0. The average Bonchev–Trinajstić information content (AvgIpc) is 1.68. The van der Waals surface area contributed by atoms with E-state index in [2.05, 4.69) is 4.18 Å². The Labute approximate surface area is 46.5 Å². The maximum absolute atomic E-state index is 10.3. The molecule has 7 heavy (non-hydrogen) atoms.